The van der Waals surface area contributed by atoms with E-state index < -0.39 is 61.1 Å². The molecule has 2 saturated heterocycles. The van der Waals surface area contributed by atoms with Gasteiger partial charge < -0.3 is 33.5 Å². The van der Waals surface area contributed by atoms with Gasteiger partial charge in [-0.15, -0.1) is 0 Å². The van der Waals surface area contributed by atoms with Crippen LogP contribution in [0.3, 0.4) is 0 Å². The molecule has 9 nitrogen and oxygen atoms in total. The summed E-state index contributed by atoms with van der Waals surface area (Å²) in [5.41, 5.74) is 0. The first-order chi connectivity index (χ1) is 12.2. The van der Waals surface area contributed by atoms with Gasteiger partial charge in [0.05, 0.1) is 18.3 Å². The Morgan fingerprint density at radius 1 is 0.923 bits per heavy atom. The van der Waals surface area contributed by atoms with Crippen molar-refractivity contribution in [1.82, 2.24) is 0 Å². The highest BCUT2D eigenvalue weighted by Gasteiger charge is 2.50. The average Bonchev–Trinajstić information content (AvgIpc) is 2.55. The Bertz CT molecular complexity index is 497. The molecule has 2 rings (SSSR count). The normalized spacial score (nSPS) is 40.7. The van der Waals surface area contributed by atoms with Crippen molar-refractivity contribution >= 4 is 11.9 Å². The van der Waals surface area contributed by atoms with E-state index >= 15 is 0 Å². The van der Waals surface area contributed by atoms with E-state index in [1.54, 1.807) is 13.8 Å². The molecule has 0 aromatic heterocycles. The van der Waals surface area contributed by atoms with Gasteiger partial charge in [0.25, 0.3) is 0 Å². The zero-order valence-corrected chi connectivity index (χ0v) is 15.7. The highest BCUT2D eigenvalue weighted by Crippen LogP contribution is 2.31. The number of rotatable bonds is 5. The fraction of sp³-hybridized carbons (Fsp3) is 0.882. The first-order valence-corrected chi connectivity index (χ1v) is 8.74. The summed E-state index contributed by atoms with van der Waals surface area (Å²) in [6.07, 6.45) is -4.67. The van der Waals surface area contributed by atoms with Crippen LogP contribution >= 0.6 is 0 Å². The smallest absolute Gasteiger partial charge is 0.303 e. The minimum absolute atomic E-state index is 0.399. The number of hydrogen-bond donors (Lipinski definition) is 1. The summed E-state index contributed by atoms with van der Waals surface area (Å²) in [7, 11) is 1.42. The fourth-order valence-electron chi connectivity index (χ4n) is 3.20. The number of methoxy groups -OCH3 is 1. The van der Waals surface area contributed by atoms with Crippen LogP contribution in [-0.2, 0) is 38.0 Å². The SMILES string of the molecule is CO[C@H]1O[C@@H](C)[C@H](OC(C)=O)[C@H](O[C@H]2CC[C@H](O)[C@H](C)O2)[C@H]1OC(C)=O. The molecule has 2 aliphatic heterocycles. The van der Waals surface area contributed by atoms with Crippen LogP contribution in [0.5, 0.6) is 0 Å². The molecule has 0 bridgehead atoms. The second-order valence-electron chi connectivity index (χ2n) is 6.61. The molecular formula is C17H28O9. The van der Waals surface area contributed by atoms with Gasteiger partial charge in [0.1, 0.15) is 6.10 Å². The van der Waals surface area contributed by atoms with E-state index in [-0.39, 0.29) is 0 Å². The number of esters is 2. The summed E-state index contributed by atoms with van der Waals surface area (Å²) in [6.45, 7) is 6.01. The summed E-state index contributed by atoms with van der Waals surface area (Å²) in [6, 6.07) is 0. The maximum absolute atomic E-state index is 11.6. The Labute approximate surface area is 152 Å². The van der Waals surface area contributed by atoms with Gasteiger partial charge in [-0.3, -0.25) is 9.59 Å². The number of ether oxygens (including phenoxy) is 6. The lowest BCUT2D eigenvalue weighted by Gasteiger charge is -2.45. The van der Waals surface area contributed by atoms with Crippen LogP contribution in [0.15, 0.2) is 0 Å². The van der Waals surface area contributed by atoms with Gasteiger partial charge >= 0.3 is 11.9 Å². The molecule has 0 aromatic rings. The van der Waals surface area contributed by atoms with E-state index in [4.69, 9.17) is 28.4 Å². The molecule has 9 heteroatoms. The van der Waals surface area contributed by atoms with Gasteiger partial charge in [0.2, 0.25) is 0 Å². The van der Waals surface area contributed by atoms with Crippen LogP contribution in [0.1, 0.15) is 40.5 Å². The van der Waals surface area contributed by atoms with Gasteiger partial charge in [0, 0.05) is 27.4 Å². The van der Waals surface area contributed by atoms with Crippen LogP contribution < -0.4 is 0 Å². The van der Waals surface area contributed by atoms with Crippen LogP contribution in [0.2, 0.25) is 0 Å². The summed E-state index contributed by atoms with van der Waals surface area (Å²) >= 11 is 0. The maximum Gasteiger partial charge on any atom is 0.303 e. The van der Waals surface area contributed by atoms with Gasteiger partial charge in [-0.1, -0.05) is 0 Å². The molecule has 2 aliphatic rings. The lowest BCUT2D eigenvalue weighted by atomic mass is 9.98. The summed E-state index contributed by atoms with van der Waals surface area (Å²) in [5.74, 6) is -1.05. The third-order valence-electron chi connectivity index (χ3n) is 4.48. The highest BCUT2D eigenvalue weighted by atomic mass is 16.7. The second-order valence-corrected chi connectivity index (χ2v) is 6.61. The summed E-state index contributed by atoms with van der Waals surface area (Å²) < 4.78 is 33.4. The minimum atomic E-state index is -0.941. The fourth-order valence-corrected chi connectivity index (χ4v) is 3.20. The monoisotopic (exact) mass is 376 g/mol. The van der Waals surface area contributed by atoms with Crippen LogP contribution in [-0.4, -0.2) is 73.4 Å². The predicted molar refractivity (Wildman–Crippen MR) is 86.9 cm³/mol. The quantitative estimate of drug-likeness (QED) is 0.686. The standard InChI is InChI=1S/C17H28O9/c1-8-12(20)6-7-13(22-8)26-15-14(24-10(3)18)9(2)23-17(21-5)16(15)25-11(4)19/h8-9,12-17,20H,6-7H2,1-5H3/t8-,9-,12-,13-,14-,15-,16+,17-/m0/s1. The van der Waals surface area contributed by atoms with Crippen molar-refractivity contribution in [2.75, 3.05) is 7.11 Å². The summed E-state index contributed by atoms with van der Waals surface area (Å²) in [4.78, 5) is 23.1. The number of carbonyl (C=O) groups excluding carboxylic acids is 2. The molecule has 0 unspecified atom stereocenters. The van der Waals surface area contributed by atoms with E-state index in [0.29, 0.717) is 12.8 Å². The number of hydrogen-bond acceptors (Lipinski definition) is 9. The van der Waals surface area contributed by atoms with E-state index in [1.807, 2.05) is 0 Å². The van der Waals surface area contributed by atoms with Gasteiger partial charge in [-0.2, -0.15) is 0 Å². The van der Waals surface area contributed by atoms with Gasteiger partial charge in [-0.25, -0.2) is 0 Å². The Morgan fingerprint density at radius 3 is 2.08 bits per heavy atom. The zero-order valence-electron chi connectivity index (χ0n) is 15.7. The first kappa shape index (κ1) is 21.0. The van der Waals surface area contributed by atoms with Crippen molar-refractivity contribution in [3.8, 4) is 0 Å². The van der Waals surface area contributed by atoms with Crippen molar-refractivity contribution in [1.29, 1.82) is 0 Å². The zero-order chi connectivity index (χ0) is 19.4. The first-order valence-electron chi connectivity index (χ1n) is 8.74. The molecule has 0 aromatic carbocycles. The molecule has 0 amide bonds. The Morgan fingerprint density at radius 2 is 1.54 bits per heavy atom. The van der Waals surface area contributed by atoms with Crippen LogP contribution in [0.25, 0.3) is 0 Å². The predicted octanol–water partition coefficient (Wildman–Crippen LogP) is 0.512. The highest BCUT2D eigenvalue weighted by molar-refractivity contribution is 5.67. The summed E-state index contributed by atoms with van der Waals surface area (Å²) in [5, 5.41) is 9.81. The van der Waals surface area contributed by atoms with E-state index in [9.17, 15) is 14.7 Å². The van der Waals surface area contributed by atoms with Crippen molar-refractivity contribution in [3.05, 3.63) is 0 Å². The van der Waals surface area contributed by atoms with Crippen LogP contribution in [0, 0.1) is 0 Å². The number of aliphatic hydroxyl groups excluding tert-OH is 1. The van der Waals surface area contributed by atoms with Crippen molar-refractivity contribution in [2.24, 2.45) is 0 Å². The molecule has 0 radical (unpaired) electrons. The van der Waals surface area contributed by atoms with E-state index in [1.165, 1.54) is 21.0 Å². The van der Waals surface area contributed by atoms with E-state index in [0.717, 1.165) is 0 Å². The Hall–Kier alpha value is -1.26. The van der Waals surface area contributed by atoms with Crippen molar-refractivity contribution in [2.45, 2.75) is 89.7 Å². The average molecular weight is 376 g/mol. The van der Waals surface area contributed by atoms with E-state index in [2.05, 4.69) is 0 Å². The number of carbonyl (C=O) groups is 2. The molecule has 1 N–H and O–H groups in total. The molecule has 2 heterocycles. The largest absolute Gasteiger partial charge is 0.457 e. The number of aliphatic hydroxyl groups is 1. The molecule has 0 aliphatic carbocycles. The lowest BCUT2D eigenvalue weighted by Crippen LogP contribution is -2.61. The lowest BCUT2D eigenvalue weighted by molar-refractivity contribution is -0.330. The van der Waals surface area contributed by atoms with Crippen LogP contribution in [0.4, 0.5) is 0 Å². The Balaban J connectivity index is 2.23. The molecule has 0 saturated carbocycles. The molecular weight excluding hydrogens is 348 g/mol. The van der Waals surface area contributed by atoms with Gasteiger partial charge in [-0.05, 0) is 20.3 Å². The topological polar surface area (TPSA) is 110 Å². The molecule has 26 heavy (non-hydrogen) atoms. The molecule has 150 valence electrons. The molecule has 8 atom stereocenters. The van der Waals surface area contributed by atoms with Crippen molar-refractivity contribution < 1.29 is 43.1 Å². The Kier molecular flexibility index (Phi) is 7.36. The third kappa shape index (κ3) is 5.14. The van der Waals surface area contributed by atoms with Crippen molar-refractivity contribution in [3.63, 3.8) is 0 Å². The minimum Gasteiger partial charge on any atom is -0.457 e. The maximum atomic E-state index is 11.6. The third-order valence-corrected chi connectivity index (χ3v) is 4.48. The second kappa shape index (κ2) is 9.09. The molecule has 2 fully saturated rings. The van der Waals surface area contributed by atoms with Gasteiger partial charge in [0.15, 0.2) is 24.8 Å². The molecule has 0 spiro atoms.